The number of hydrogen-bond donors (Lipinski definition) is 0. The maximum Gasteiger partial charge on any atom is 0.330 e. The molecule has 164 valence electrons. The topological polar surface area (TPSA) is 61.8 Å². The SMILES string of the molecule is C=C/C1=C\C(=C)N(C)c2ncc3c(n2)N(C/C=C\CO1)C(=O)N(c1c(C)cccc1C)C3. The molecular formula is C25H27N5O2. The number of ether oxygens (including phenoxy) is 1. The van der Waals surface area contributed by atoms with Crippen LogP contribution >= 0.6 is 0 Å². The van der Waals surface area contributed by atoms with Gasteiger partial charge in [-0.1, -0.05) is 37.4 Å². The van der Waals surface area contributed by atoms with Crippen molar-refractivity contribution in [2.75, 3.05) is 34.9 Å². The van der Waals surface area contributed by atoms with E-state index in [-0.39, 0.29) is 6.03 Å². The van der Waals surface area contributed by atoms with Crippen LogP contribution in [0.4, 0.5) is 22.2 Å². The lowest BCUT2D eigenvalue weighted by atomic mass is 10.1. The van der Waals surface area contributed by atoms with Crippen molar-refractivity contribution >= 4 is 23.5 Å². The van der Waals surface area contributed by atoms with E-state index in [0.29, 0.717) is 42.9 Å². The molecule has 1 aromatic carbocycles. The molecule has 0 atom stereocenters. The highest BCUT2D eigenvalue weighted by atomic mass is 16.5. The van der Waals surface area contributed by atoms with Gasteiger partial charge in [0, 0.05) is 37.1 Å². The molecule has 0 unspecified atom stereocenters. The number of para-hydroxylation sites is 1. The number of amides is 2. The zero-order valence-electron chi connectivity index (χ0n) is 18.7. The Bertz CT molecular complexity index is 1130. The van der Waals surface area contributed by atoms with Gasteiger partial charge in [0.2, 0.25) is 5.95 Å². The molecular weight excluding hydrogens is 402 g/mol. The van der Waals surface area contributed by atoms with E-state index in [0.717, 1.165) is 22.4 Å². The van der Waals surface area contributed by atoms with Crippen molar-refractivity contribution in [1.82, 2.24) is 9.97 Å². The van der Waals surface area contributed by atoms with Crippen molar-refractivity contribution in [3.63, 3.8) is 0 Å². The molecule has 2 amide bonds. The Morgan fingerprint density at radius 3 is 2.62 bits per heavy atom. The number of urea groups is 1. The van der Waals surface area contributed by atoms with Gasteiger partial charge in [-0.15, -0.1) is 0 Å². The average molecular weight is 430 g/mol. The number of benzene rings is 1. The highest BCUT2D eigenvalue weighted by molar-refractivity contribution is 6.06. The monoisotopic (exact) mass is 429 g/mol. The second kappa shape index (κ2) is 8.70. The van der Waals surface area contributed by atoms with Crippen LogP contribution in [0.3, 0.4) is 0 Å². The molecule has 4 rings (SSSR count). The van der Waals surface area contributed by atoms with Crippen molar-refractivity contribution in [3.8, 4) is 0 Å². The highest BCUT2D eigenvalue weighted by Gasteiger charge is 2.34. The number of likely N-dealkylation sites (N-methyl/N-ethyl adjacent to an activating group) is 1. The van der Waals surface area contributed by atoms with Crippen LogP contribution in [0.15, 0.2) is 73.3 Å². The Hall–Kier alpha value is -3.87. The summed E-state index contributed by atoms with van der Waals surface area (Å²) in [5, 5.41) is 0. The molecule has 0 spiro atoms. The van der Waals surface area contributed by atoms with E-state index in [1.54, 1.807) is 33.0 Å². The molecule has 0 fully saturated rings. The van der Waals surface area contributed by atoms with Crippen LogP contribution in [-0.4, -0.2) is 36.2 Å². The molecule has 3 heterocycles. The van der Waals surface area contributed by atoms with E-state index >= 15 is 0 Å². The Morgan fingerprint density at radius 1 is 1.16 bits per heavy atom. The molecule has 2 bridgehead atoms. The van der Waals surface area contributed by atoms with Crippen LogP contribution in [0.25, 0.3) is 0 Å². The minimum absolute atomic E-state index is 0.119. The first kappa shape index (κ1) is 21.4. The summed E-state index contributed by atoms with van der Waals surface area (Å²) in [6, 6.07) is 5.92. The van der Waals surface area contributed by atoms with Crippen molar-refractivity contribution in [1.29, 1.82) is 0 Å². The summed E-state index contributed by atoms with van der Waals surface area (Å²) in [5.74, 6) is 1.66. The van der Waals surface area contributed by atoms with E-state index in [1.165, 1.54) is 0 Å². The maximum absolute atomic E-state index is 13.7. The number of anilines is 3. The number of aryl methyl sites for hydroxylation is 2. The summed E-state index contributed by atoms with van der Waals surface area (Å²) in [5.41, 5.74) is 4.56. The molecule has 1 aromatic heterocycles. The van der Waals surface area contributed by atoms with E-state index < -0.39 is 0 Å². The fraction of sp³-hybridized carbons (Fsp3) is 0.240. The largest absolute Gasteiger partial charge is 0.489 e. The molecule has 0 saturated heterocycles. The standard InChI is InChI=1S/C25H27N5O2/c1-6-21-14-19(4)28(5)24-26-15-20-16-30(22-17(2)10-9-11-18(22)3)25(31)29(23(20)27-24)12-7-8-13-32-21/h6-11,14-15H,1,4,12-13,16H2,2-3,5H3/b8-7-,21-14+. The van der Waals surface area contributed by atoms with Crippen molar-refractivity contribution in [3.05, 3.63) is 90.0 Å². The van der Waals surface area contributed by atoms with Gasteiger partial charge in [-0.3, -0.25) is 9.80 Å². The summed E-state index contributed by atoms with van der Waals surface area (Å²) in [6.45, 7) is 13.1. The minimum atomic E-state index is -0.119. The van der Waals surface area contributed by atoms with Crippen LogP contribution < -0.4 is 14.7 Å². The second-order valence-corrected chi connectivity index (χ2v) is 7.82. The number of rotatable bonds is 2. The van der Waals surface area contributed by atoms with Gasteiger partial charge >= 0.3 is 6.03 Å². The van der Waals surface area contributed by atoms with Crippen molar-refractivity contribution in [2.45, 2.75) is 20.4 Å². The lowest BCUT2D eigenvalue weighted by molar-refractivity contribution is 0.250. The fourth-order valence-corrected chi connectivity index (χ4v) is 3.88. The average Bonchev–Trinajstić information content (AvgIpc) is 2.79. The number of carbonyl (C=O) groups is 1. The Morgan fingerprint density at radius 2 is 1.91 bits per heavy atom. The predicted octanol–water partition coefficient (Wildman–Crippen LogP) is 4.65. The van der Waals surface area contributed by atoms with Crippen molar-refractivity contribution in [2.24, 2.45) is 0 Å². The minimum Gasteiger partial charge on any atom is -0.489 e. The first-order valence-corrected chi connectivity index (χ1v) is 10.5. The quantitative estimate of drug-likeness (QED) is 0.651. The zero-order chi connectivity index (χ0) is 22.8. The molecule has 0 aliphatic carbocycles. The number of nitrogens with zero attached hydrogens (tertiary/aromatic N) is 5. The summed E-state index contributed by atoms with van der Waals surface area (Å²) in [4.78, 5) is 28.2. The third-order valence-corrected chi connectivity index (χ3v) is 5.63. The van der Waals surface area contributed by atoms with E-state index in [1.807, 2.05) is 51.2 Å². The van der Waals surface area contributed by atoms with Gasteiger partial charge in [-0.05, 0) is 37.1 Å². The molecule has 2 aliphatic rings. The molecule has 7 heteroatoms. The number of carbonyl (C=O) groups excluding carboxylic acids is 1. The van der Waals surface area contributed by atoms with Crippen LogP contribution in [0, 0.1) is 13.8 Å². The first-order valence-electron chi connectivity index (χ1n) is 10.5. The third kappa shape index (κ3) is 3.89. The molecule has 7 nitrogen and oxygen atoms in total. The van der Waals surface area contributed by atoms with Gasteiger partial charge in [-0.2, -0.15) is 4.98 Å². The lowest BCUT2D eigenvalue weighted by Gasteiger charge is -2.37. The summed E-state index contributed by atoms with van der Waals surface area (Å²) < 4.78 is 5.75. The molecule has 0 radical (unpaired) electrons. The van der Waals surface area contributed by atoms with E-state index in [2.05, 4.69) is 18.1 Å². The highest BCUT2D eigenvalue weighted by Crippen LogP contribution is 2.34. The smallest absolute Gasteiger partial charge is 0.330 e. The number of fused-ring (bicyclic) bond motifs is 1. The summed E-state index contributed by atoms with van der Waals surface area (Å²) >= 11 is 0. The number of allylic oxidation sites excluding steroid dienone is 2. The Balaban J connectivity index is 1.80. The fourth-order valence-electron chi connectivity index (χ4n) is 3.88. The molecule has 0 saturated carbocycles. The van der Waals surface area contributed by atoms with Crippen LogP contribution in [0.5, 0.6) is 0 Å². The van der Waals surface area contributed by atoms with Gasteiger partial charge in [0.15, 0.2) is 0 Å². The number of hydrogen-bond acceptors (Lipinski definition) is 5. The second-order valence-electron chi connectivity index (χ2n) is 7.82. The predicted molar refractivity (Wildman–Crippen MR) is 128 cm³/mol. The Kier molecular flexibility index (Phi) is 5.81. The third-order valence-electron chi connectivity index (χ3n) is 5.63. The van der Waals surface area contributed by atoms with Crippen LogP contribution in [-0.2, 0) is 11.3 Å². The van der Waals surface area contributed by atoms with Crippen LogP contribution in [0.2, 0.25) is 0 Å². The summed E-state index contributed by atoms with van der Waals surface area (Å²) in [6.07, 6.45) is 9.00. The molecule has 2 aromatic rings. The van der Waals surface area contributed by atoms with E-state index in [9.17, 15) is 4.79 Å². The normalized spacial score (nSPS) is 19.2. The molecule has 32 heavy (non-hydrogen) atoms. The first-order chi connectivity index (χ1) is 15.4. The van der Waals surface area contributed by atoms with Gasteiger partial charge in [-0.25, -0.2) is 9.78 Å². The van der Waals surface area contributed by atoms with Crippen LogP contribution in [0.1, 0.15) is 16.7 Å². The maximum atomic E-state index is 13.7. The summed E-state index contributed by atoms with van der Waals surface area (Å²) in [7, 11) is 1.83. The van der Waals surface area contributed by atoms with E-state index in [4.69, 9.17) is 9.72 Å². The van der Waals surface area contributed by atoms with Gasteiger partial charge in [0.25, 0.3) is 0 Å². The van der Waals surface area contributed by atoms with Gasteiger partial charge in [0.1, 0.15) is 18.2 Å². The molecule has 0 N–H and O–H groups in total. The van der Waals surface area contributed by atoms with Gasteiger partial charge < -0.3 is 9.64 Å². The zero-order valence-corrected chi connectivity index (χ0v) is 18.7. The lowest BCUT2D eigenvalue weighted by Crippen LogP contribution is -2.48. The number of aromatic nitrogens is 2. The van der Waals surface area contributed by atoms with Crippen molar-refractivity contribution < 1.29 is 9.53 Å². The Labute approximate surface area is 188 Å². The molecule has 2 aliphatic heterocycles. The van der Waals surface area contributed by atoms with Gasteiger partial charge in [0.05, 0.1) is 12.2 Å².